The van der Waals surface area contributed by atoms with Crippen molar-refractivity contribution in [1.29, 1.82) is 0 Å². The van der Waals surface area contributed by atoms with Gasteiger partial charge in [0, 0.05) is 46.9 Å². The van der Waals surface area contributed by atoms with Crippen LogP contribution in [0, 0.1) is 0 Å². The smallest absolute Gasteiger partial charge is 0.246 e. The van der Waals surface area contributed by atoms with Crippen LogP contribution in [0.15, 0.2) is 34.1 Å². The third kappa shape index (κ3) is 2.87. The summed E-state index contributed by atoms with van der Waals surface area (Å²) in [6.07, 6.45) is 0. The van der Waals surface area contributed by atoms with E-state index in [1.54, 1.807) is 11.3 Å². The summed E-state index contributed by atoms with van der Waals surface area (Å²) in [5, 5.41) is 5.47. The van der Waals surface area contributed by atoms with Crippen LogP contribution < -0.4 is 14.8 Å². The molecule has 0 unspecified atom stereocenters. The highest BCUT2D eigenvalue weighted by Gasteiger charge is 2.31. The fourth-order valence-corrected chi connectivity index (χ4v) is 3.36. The Morgan fingerprint density at radius 2 is 2.00 bits per heavy atom. The average molecular weight is 340 g/mol. The van der Waals surface area contributed by atoms with Crippen LogP contribution in [0.25, 0.3) is 0 Å². The van der Waals surface area contributed by atoms with Gasteiger partial charge in [0.1, 0.15) is 0 Å². The molecule has 0 amide bonds. The van der Waals surface area contributed by atoms with Crippen molar-refractivity contribution in [1.82, 2.24) is 0 Å². The first kappa shape index (κ1) is 12.8. The van der Waals surface area contributed by atoms with E-state index in [2.05, 4.69) is 32.7 Å². The minimum atomic E-state index is -0.570. The van der Waals surface area contributed by atoms with Crippen LogP contribution in [-0.4, -0.2) is 5.79 Å². The topological polar surface area (TPSA) is 30.5 Å². The van der Waals surface area contributed by atoms with Gasteiger partial charge in [0.15, 0.2) is 11.5 Å². The number of halogens is 1. The summed E-state index contributed by atoms with van der Waals surface area (Å²) in [4.78, 5) is 1.28. The van der Waals surface area contributed by atoms with Crippen molar-refractivity contribution < 1.29 is 9.47 Å². The molecule has 100 valence electrons. The molecule has 2 heterocycles. The Hall–Kier alpha value is -1.20. The molecular formula is C14H14BrNO2S. The number of benzene rings is 1. The lowest BCUT2D eigenvalue weighted by atomic mass is 10.3. The van der Waals surface area contributed by atoms with Gasteiger partial charge >= 0.3 is 0 Å². The third-order valence-corrected chi connectivity index (χ3v) is 4.44. The Morgan fingerprint density at radius 3 is 2.74 bits per heavy atom. The largest absolute Gasteiger partial charge is 0.449 e. The molecule has 3 rings (SSSR count). The number of thiophene rings is 1. The number of ether oxygens (including phenoxy) is 2. The lowest BCUT2D eigenvalue weighted by Crippen LogP contribution is -2.29. The molecule has 1 aromatic carbocycles. The molecule has 0 bridgehead atoms. The van der Waals surface area contributed by atoms with Gasteiger partial charge in [-0.25, -0.2) is 0 Å². The number of hydrogen-bond donors (Lipinski definition) is 1. The molecule has 0 spiro atoms. The zero-order valence-corrected chi connectivity index (χ0v) is 13.1. The minimum absolute atomic E-state index is 0.570. The van der Waals surface area contributed by atoms with E-state index in [0.29, 0.717) is 0 Å². The second-order valence-electron chi connectivity index (χ2n) is 4.85. The van der Waals surface area contributed by atoms with E-state index >= 15 is 0 Å². The van der Waals surface area contributed by atoms with Crippen LogP contribution in [0.3, 0.4) is 0 Å². The zero-order chi connectivity index (χ0) is 13.5. The van der Waals surface area contributed by atoms with Crippen molar-refractivity contribution in [2.75, 3.05) is 5.32 Å². The van der Waals surface area contributed by atoms with E-state index in [1.165, 1.54) is 4.88 Å². The predicted octanol–water partition coefficient (Wildman–Crippen LogP) is 4.63. The normalized spacial score (nSPS) is 15.5. The van der Waals surface area contributed by atoms with E-state index in [-0.39, 0.29) is 0 Å². The first-order chi connectivity index (χ1) is 9.02. The fraction of sp³-hybridized carbons (Fsp3) is 0.286. The first-order valence-corrected chi connectivity index (χ1v) is 7.68. The average Bonchev–Trinajstić information content (AvgIpc) is 2.87. The molecule has 1 aromatic heterocycles. The highest BCUT2D eigenvalue weighted by Crippen LogP contribution is 2.40. The summed E-state index contributed by atoms with van der Waals surface area (Å²) in [5.41, 5.74) is 1.03. The zero-order valence-electron chi connectivity index (χ0n) is 10.7. The van der Waals surface area contributed by atoms with Gasteiger partial charge in [-0.15, -0.1) is 11.3 Å². The minimum Gasteiger partial charge on any atom is -0.449 e. The van der Waals surface area contributed by atoms with Gasteiger partial charge < -0.3 is 14.8 Å². The Kier molecular flexibility index (Phi) is 3.19. The monoisotopic (exact) mass is 339 g/mol. The van der Waals surface area contributed by atoms with Crippen LogP contribution in [0.1, 0.15) is 18.7 Å². The van der Waals surface area contributed by atoms with Gasteiger partial charge in [-0.2, -0.15) is 0 Å². The molecule has 1 aliphatic heterocycles. The van der Waals surface area contributed by atoms with Gasteiger partial charge in [0.2, 0.25) is 5.79 Å². The van der Waals surface area contributed by atoms with Crippen molar-refractivity contribution >= 4 is 33.0 Å². The summed E-state index contributed by atoms with van der Waals surface area (Å²) in [5.74, 6) is 1.02. The van der Waals surface area contributed by atoms with Gasteiger partial charge in [-0.05, 0) is 34.1 Å². The van der Waals surface area contributed by atoms with Crippen LogP contribution in [0.4, 0.5) is 5.69 Å². The van der Waals surface area contributed by atoms with Gasteiger partial charge in [0.25, 0.3) is 0 Å². The first-order valence-electron chi connectivity index (χ1n) is 6.01. The highest BCUT2D eigenvalue weighted by molar-refractivity contribution is 9.10. The summed E-state index contributed by atoms with van der Waals surface area (Å²) in [6, 6.07) is 8.05. The standard InChI is InChI=1S/C14H14BrNO2S/c1-14(2)17-12-4-3-10(6-13(12)18-14)16-7-11-5-9(15)8-19-11/h3-6,8,16H,7H2,1-2H3. The number of anilines is 1. The maximum Gasteiger partial charge on any atom is 0.246 e. The summed E-state index contributed by atoms with van der Waals surface area (Å²) >= 11 is 5.19. The number of nitrogens with one attached hydrogen (secondary N) is 1. The molecular weight excluding hydrogens is 326 g/mol. The van der Waals surface area contributed by atoms with Gasteiger partial charge in [-0.1, -0.05) is 0 Å². The Balaban J connectivity index is 1.70. The third-order valence-electron chi connectivity index (χ3n) is 2.74. The molecule has 2 aromatic rings. The second kappa shape index (κ2) is 4.72. The fourth-order valence-electron chi connectivity index (χ4n) is 1.97. The Bertz CT molecular complexity index is 609. The van der Waals surface area contributed by atoms with E-state index in [1.807, 2.05) is 32.0 Å². The van der Waals surface area contributed by atoms with Crippen molar-refractivity contribution in [2.45, 2.75) is 26.2 Å². The highest BCUT2D eigenvalue weighted by atomic mass is 79.9. The predicted molar refractivity (Wildman–Crippen MR) is 81.1 cm³/mol. The second-order valence-corrected chi connectivity index (χ2v) is 6.76. The molecule has 0 fully saturated rings. The molecule has 0 saturated carbocycles. The lowest BCUT2D eigenvalue weighted by molar-refractivity contribution is -0.0431. The molecule has 0 saturated heterocycles. The summed E-state index contributed by atoms with van der Waals surface area (Å²) in [6.45, 7) is 4.62. The van der Waals surface area contributed by atoms with E-state index in [4.69, 9.17) is 9.47 Å². The Labute approximate surface area is 124 Å². The summed E-state index contributed by atoms with van der Waals surface area (Å²) < 4.78 is 12.5. The van der Waals surface area contributed by atoms with Crippen LogP contribution >= 0.6 is 27.3 Å². The summed E-state index contributed by atoms with van der Waals surface area (Å²) in [7, 11) is 0. The number of rotatable bonds is 3. The van der Waals surface area contributed by atoms with Gasteiger partial charge in [-0.3, -0.25) is 0 Å². The quantitative estimate of drug-likeness (QED) is 0.884. The molecule has 1 aliphatic rings. The maximum atomic E-state index is 5.72. The molecule has 1 N–H and O–H groups in total. The van der Waals surface area contributed by atoms with Crippen LogP contribution in [-0.2, 0) is 6.54 Å². The molecule has 0 radical (unpaired) electrons. The van der Waals surface area contributed by atoms with E-state index in [0.717, 1.165) is 28.2 Å². The maximum absolute atomic E-state index is 5.72. The van der Waals surface area contributed by atoms with Gasteiger partial charge in [0.05, 0.1) is 0 Å². The van der Waals surface area contributed by atoms with Crippen molar-refractivity contribution in [2.24, 2.45) is 0 Å². The van der Waals surface area contributed by atoms with E-state index in [9.17, 15) is 0 Å². The molecule has 3 nitrogen and oxygen atoms in total. The SMILES string of the molecule is CC1(C)Oc2ccc(NCc3cc(Br)cs3)cc2O1. The van der Waals surface area contributed by atoms with Crippen LogP contribution in [0.2, 0.25) is 0 Å². The van der Waals surface area contributed by atoms with Crippen molar-refractivity contribution in [3.8, 4) is 11.5 Å². The molecule has 19 heavy (non-hydrogen) atoms. The van der Waals surface area contributed by atoms with Crippen LogP contribution in [0.5, 0.6) is 11.5 Å². The molecule has 5 heteroatoms. The van der Waals surface area contributed by atoms with Crippen molar-refractivity contribution in [3.05, 3.63) is 39.0 Å². The van der Waals surface area contributed by atoms with E-state index < -0.39 is 5.79 Å². The van der Waals surface area contributed by atoms with Crippen molar-refractivity contribution in [3.63, 3.8) is 0 Å². The molecule has 0 atom stereocenters. The number of hydrogen-bond acceptors (Lipinski definition) is 4. The Morgan fingerprint density at radius 1 is 1.21 bits per heavy atom. The molecule has 0 aliphatic carbocycles. The number of fused-ring (bicyclic) bond motifs is 1. The lowest BCUT2D eigenvalue weighted by Gasteiger charge is -2.16.